The molecule has 4 bridgehead atoms. The normalized spacial score (nSPS) is 34.7. The van der Waals surface area contributed by atoms with E-state index < -0.39 is 0 Å². The van der Waals surface area contributed by atoms with Crippen molar-refractivity contribution in [3.8, 4) is 0 Å². The van der Waals surface area contributed by atoms with Gasteiger partial charge in [-0.15, -0.1) is 11.8 Å². The molecule has 0 nitrogen and oxygen atoms in total. The third-order valence-electron chi connectivity index (χ3n) is 5.65. The molecule has 0 amide bonds. The summed E-state index contributed by atoms with van der Waals surface area (Å²) in [6.45, 7) is 0. The Kier molecular flexibility index (Phi) is 5.18. The van der Waals surface area contributed by atoms with Crippen molar-refractivity contribution in [1.29, 1.82) is 0 Å². The molecule has 0 spiro atoms. The second-order valence-electron chi connectivity index (χ2n) is 7.41. The fraction of sp³-hybridized carbons (Fsp3) is 0.556. The molecular formula is C18H18Br4S. The first kappa shape index (κ1) is 17.6. The second-order valence-corrected chi connectivity index (χ2v) is 13.4. The van der Waals surface area contributed by atoms with Crippen LogP contribution in [0, 0.1) is 17.8 Å². The fourth-order valence-corrected chi connectivity index (χ4v) is 8.73. The van der Waals surface area contributed by atoms with E-state index >= 15 is 0 Å². The summed E-state index contributed by atoms with van der Waals surface area (Å²) in [7, 11) is 0. The molecule has 124 valence electrons. The Morgan fingerprint density at radius 3 is 2.00 bits per heavy atom. The summed E-state index contributed by atoms with van der Waals surface area (Å²) < 4.78 is 3.83. The number of benzene rings is 1. The zero-order valence-electron chi connectivity index (χ0n) is 12.6. The van der Waals surface area contributed by atoms with E-state index in [1.165, 1.54) is 53.5 Å². The van der Waals surface area contributed by atoms with Gasteiger partial charge in [-0.3, -0.25) is 0 Å². The van der Waals surface area contributed by atoms with Crippen LogP contribution in [0.2, 0.25) is 0 Å². The van der Waals surface area contributed by atoms with E-state index in [1.54, 1.807) is 0 Å². The van der Waals surface area contributed by atoms with Gasteiger partial charge in [0.05, 0.1) is 3.39 Å². The molecule has 0 N–H and O–H groups in total. The van der Waals surface area contributed by atoms with Crippen LogP contribution < -0.4 is 0 Å². The highest BCUT2D eigenvalue weighted by atomic mass is 79.9. The predicted octanol–water partition coefficient (Wildman–Crippen LogP) is 8.36. The van der Waals surface area contributed by atoms with Gasteiger partial charge in [-0.1, -0.05) is 15.9 Å². The summed E-state index contributed by atoms with van der Waals surface area (Å²) in [6, 6.07) is 4.30. The van der Waals surface area contributed by atoms with E-state index in [9.17, 15) is 0 Å². The van der Waals surface area contributed by atoms with E-state index in [0.29, 0.717) is 4.75 Å². The lowest BCUT2D eigenvalue weighted by atomic mass is 9.56. The molecule has 0 aliphatic heterocycles. The van der Waals surface area contributed by atoms with Crippen molar-refractivity contribution in [1.82, 2.24) is 0 Å². The SMILES string of the molecule is BrC(Br)=Cc1c(Br)ccc(Br)c1SC12CC3CC(CC(C3)C1)C2. The summed E-state index contributed by atoms with van der Waals surface area (Å²) in [4.78, 5) is 1.39. The van der Waals surface area contributed by atoms with Gasteiger partial charge < -0.3 is 0 Å². The van der Waals surface area contributed by atoms with Crippen LogP contribution in [-0.4, -0.2) is 4.75 Å². The van der Waals surface area contributed by atoms with Crippen LogP contribution in [0.5, 0.6) is 0 Å². The lowest BCUT2D eigenvalue weighted by molar-refractivity contribution is 0.0383. The molecule has 0 heterocycles. The van der Waals surface area contributed by atoms with Crippen molar-refractivity contribution in [2.75, 3.05) is 0 Å². The van der Waals surface area contributed by atoms with Gasteiger partial charge in [-0.25, -0.2) is 0 Å². The number of hydrogen-bond donors (Lipinski definition) is 0. The minimum absolute atomic E-state index is 0.472. The zero-order valence-corrected chi connectivity index (χ0v) is 19.8. The van der Waals surface area contributed by atoms with Gasteiger partial charge in [0.1, 0.15) is 0 Å². The molecule has 0 aromatic heterocycles. The number of hydrogen-bond acceptors (Lipinski definition) is 1. The van der Waals surface area contributed by atoms with Crippen molar-refractivity contribution in [2.45, 2.75) is 48.2 Å². The monoisotopic (exact) mass is 582 g/mol. The van der Waals surface area contributed by atoms with Gasteiger partial charge >= 0.3 is 0 Å². The van der Waals surface area contributed by atoms with Crippen molar-refractivity contribution in [2.24, 2.45) is 17.8 Å². The first-order valence-electron chi connectivity index (χ1n) is 8.14. The van der Waals surface area contributed by atoms with Crippen molar-refractivity contribution >= 4 is 81.6 Å². The molecule has 5 rings (SSSR count). The van der Waals surface area contributed by atoms with E-state index in [4.69, 9.17) is 0 Å². The maximum atomic E-state index is 3.81. The van der Waals surface area contributed by atoms with Crippen LogP contribution in [0.4, 0.5) is 0 Å². The summed E-state index contributed by atoms with van der Waals surface area (Å²) in [5.74, 6) is 2.96. The molecule has 0 radical (unpaired) electrons. The van der Waals surface area contributed by atoms with Crippen LogP contribution in [0.1, 0.15) is 44.1 Å². The largest absolute Gasteiger partial charge is 0.117 e. The Labute approximate surface area is 176 Å². The van der Waals surface area contributed by atoms with Crippen molar-refractivity contribution in [3.05, 3.63) is 30.0 Å². The third kappa shape index (κ3) is 3.56. The molecule has 23 heavy (non-hydrogen) atoms. The maximum absolute atomic E-state index is 3.81. The summed E-state index contributed by atoms with van der Waals surface area (Å²) in [5, 5.41) is 0. The summed E-state index contributed by atoms with van der Waals surface area (Å²) in [6.07, 6.45) is 10.9. The average molecular weight is 586 g/mol. The van der Waals surface area contributed by atoms with Gasteiger partial charge in [0.2, 0.25) is 0 Å². The van der Waals surface area contributed by atoms with E-state index in [2.05, 4.69) is 93.7 Å². The number of thioether (sulfide) groups is 1. The highest BCUT2D eigenvalue weighted by molar-refractivity contribution is 9.28. The van der Waals surface area contributed by atoms with Gasteiger partial charge in [0.25, 0.3) is 0 Å². The van der Waals surface area contributed by atoms with Crippen LogP contribution in [-0.2, 0) is 0 Å². The van der Waals surface area contributed by atoms with Crippen LogP contribution in [0.25, 0.3) is 6.08 Å². The van der Waals surface area contributed by atoms with Crippen LogP contribution in [0.3, 0.4) is 0 Å². The summed E-state index contributed by atoms with van der Waals surface area (Å²) >= 11 is 16.8. The highest BCUT2D eigenvalue weighted by Gasteiger charge is 2.51. The Balaban J connectivity index is 1.72. The standard InChI is InChI=1S/C18H18Br4S/c19-14-1-2-15(20)17(13(14)6-16(21)22)23-18-7-10-3-11(8-18)5-12(4-10)9-18/h1-2,6,10-12H,3-5,7-9H2. The molecule has 4 aliphatic carbocycles. The zero-order chi connectivity index (χ0) is 16.2. The Morgan fingerprint density at radius 2 is 1.48 bits per heavy atom. The lowest BCUT2D eigenvalue weighted by Gasteiger charge is -2.56. The Morgan fingerprint density at radius 1 is 0.957 bits per heavy atom. The molecule has 4 aliphatic rings. The smallest absolute Gasteiger partial charge is 0.0610 e. The van der Waals surface area contributed by atoms with Gasteiger partial charge in [0, 0.05) is 24.2 Å². The highest BCUT2D eigenvalue weighted by Crippen LogP contribution is 2.62. The molecule has 0 saturated heterocycles. The number of rotatable bonds is 3. The van der Waals surface area contributed by atoms with Gasteiger partial charge in [-0.2, -0.15) is 0 Å². The first-order chi connectivity index (χ1) is 10.9. The van der Waals surface area contributed by atoms with Crippen molar-refractivity contribution < 1.29 is 0 Å². The average Bonchev–Trinajstić information content (AvgIpc) is 2.45. The third-order valence-corrected chi connectivity index (χ3v) is 9.30. The van der Waals surface area contributed by atoms with Gasteiger partial charge in [0.15, 0.2) is 0 Å². The molecule has 1 aromatic carbocycles. The van der Waals surface area contributed by atoms with E-state index in [-0.39, 0.29) is 0 Å². The predicted molar refractivity (Wildman–Crippen MR) is 114 cm³/mol. The fourth-order valence-electron chi connectivity index (χ4n) is 5.27. The van der Waals surface area contributed by atoms with Crippen LogP contribution in [0.15, 0.2) is 29.4 Å². The molecule has 4 fully saturated rings. The first-order valence-corrected chi connectivity index (χ1v) is 12.1. The second kappa shape index (κ2) is 6.75. The Bertz CT molecular complexity index is 628. The number of halogens is 4. The molecule has 1 aromatic rings. The molecule has 0 atom stereocenters. The molecule has 4 saturated carbocycles. The van der Waals surface area contributed by atoms with Crippen molar-refractivity contribution in [3.63, 3.8) is 0 Å². The van der Waals surface area contributed by atoms with E-state index in [1.807, 2.05) is 0 Å². The van der Waals surface area contributed by atoms with Crippen LogP contribution >= 0.6 is 75.5 Å². The molecular weight excluding hydrogens is 568 g/mol. The molecule has 0 unspecified atom stereocenters. The Hall–Kier alpha value is 1.23. The quantitative estimate of drug-likeness (QED) is 0.343. The maximum Gasteiger partial charge on any atom is 0.0610 e. The molecule has 5 heteroatoms. The minimum Gasteiger partial charge on any atom is -0.117 e. The lowest BCUT2D eigenvalue weighted by Crippen LogP contribution is -2.48. The topological polar surface area (TPSA) is 0 Å². The summed E-state index contributed by atoms with van der Waals surface area (Å²) in [5.41, 5.74) is 1.27. The van der Waals surface area contributed by atoms with Gasteiger partial charge in [-0.05, 0) is 122 Å². The minimum atomic E-state index is 0.472. The van der Waals surface area contributed by atoms with E-state index in [0.717, 1.165) is 25.6 Å².